The quantitative estimate of drug-likeness (QED) is 0.529. The molecule has 0 aliphatic rings. The maximum absolute atomic E-state index is 3.38. The Hall–Kier alpha value is -1.76. The lowest BCUT2D eigenvalue weighted by molar-refractivity contribution is 1.55. The van der Waals surface area contributed by atoms with Gasteiger partial charge in [0.15, 0.2) is 0 Å². The molecule has 2 aromatic carbocycles. The number of para-hydroxylation sites is 2. The monoisotopic (exact) mass is 169 g/mol. The van der Waals surface area contributed by atoms with Gasteiger partial charge in [0.2, 0.25) is 0 Å². The van der Waals surface area contributed by atoms with Crippen molar-refractivity contribution in [3.05, 3.63) is 48.5 Å². The molecule has 64 valence electrons. The van der Waals surface area contributed by atoms with Crippen LogP contribution in [0.3, 0.4) is 0 Å². The molecular weight excluding hydrogens is 158 g/mol. The summed E-state index contributed by atoms with van der Waals surface area (Å²) < 4.78 is 0. The standard InChI is InChI=1S/C12H9N.H2/c1-3-7-11-9(5-1)10-6-2-4-8-12(10)13-11;/h1-8,13H;1H. The molecule has 0 aliphatic carbocycles. The molecule has 3 aromatic rings. The largest absolute Gasteiger partial charge is 0.355 e. The lowest BCUT2D eigenvalue weighted by atomic mass is 10.2. The molecule has 0 saturated carbocycles. The average molecular weight is 169 g/mol. The molecule has 0 saturated heterocycles. The fourth-order valence-electron chi connectivity index (χ4n) is 1.80. The molecule has 0 bridgehead atoms. The van der Waals surface area contributed by atoms with Crippen LogP contribution in [0.15, 0.2) is 48.5 Å². The minimum Gasteiger partial charge on any atom is -0.355 e. The molecule has 0 spiro atoms. The Morgan fingerprint density at radius 3 is 1.69 bits per heavy atom. The molecular formula is C12H11N. The number of benzene rings is 2. The van der Waals surface area contributed by atoms with Gasteiger partial charge in [-0.15, -0.1) is 0 Å². The Morgan fingerprint density at radius 2 is 1.15 bits per heavy atom. The second kappa shape index (κ2) is 2.36. The number of rotatable bonds is 0. The van der Waals surface area contributed by atoms with Crippen LogP contribution in [0, 0.1) is 0 Å². The van der Waals surface area contributed by atoms with Crippen LogP contribution in [0.25, 0.3) is 21.8 Å². The Labute approximate surface area is 77.5 Å². The third kappa shape index (κ3) is 0.872. The highest BCUT2D eigenvalue weighted by atomic mass is 14.7. The van der Waals surface area contributed by atoms with E-state index >= 15 is 0 Å². The Bertz CT molecular complexity index is 518. The second-order valence-corrected chi connectivity index (χ2v) is 3.22. The molecule has 0 atom stereocenters. The molecule has 13 heavy (non-hydrogen) atoms. The van der Waals surface area contributed by atoms with Gasteiger partial charge >= 0.3 is 0 Å². The summed E-state index contributed by atoms with van der Waals surface area (Å²) in [5.74, 6) is 0. The van der Waals surface area contributed by atoms with Crippen LogP contribution in [0.2, 0.25) is 0 Å². The number of aromatic nitrogens is 1. The summed E-state index contributed by atoms with van der Waals surface area (Å²) in [5, 5.41) is 2.61. The van der Waals surface area contributed by atoms with Crippen molar-refractivity contribution in [3.8, 4) is 0 Å². The smallest absolute Gasteiger partial charge is 0.0464 e. The fourth-order valence-corrected chi connectivity index (χ4v) is 1.80. The zero-order chi connectivity index (χ0) is 8.67. The van der Waals surface area contributed by atoms with E-state index in [2.05, 4.69) is 53.5 Å². The van der Waals surface area contributed by atoms with Crippen molar-refractivity contribution in [2.45, 2.75) is 0 Å². The second-order valence-electron chi connectivity index (χ2n) is 3.22. The van der Waals surface area contributed by atoms with Crippen molar-refractivity contribution < 1.29 is 1.43 Å². The van der Waals surface area contributed by atoms with Crippen LogP contribution in [-0.4, -0.2) is 4.98 Å². The van der Waals surface area contributed by atoms with Gasteiger partial charge in [0.1, 0.15) is 0 Å². The van der Waals surface area contributed by atoms with Gasteiger partial charge < -0.3 is 4.98 Å². The van der Waals surface area contributed by atoms with E-state index in [0.717, 1.165) is 0 Å². The third-order valence-corrected chi connectivity index (χ3v) is 2.41. The SMILES string of the molecule is [HH].c1ccc2c(c1)[nH]c1ccccc12. The molecule has 0 fully saturated rings. The topological polar surface area (TPSA) is 15.8 Å². The zero-order valence-electron chi connectivity index (χ0n) is 7.12. The van der Waals surface area contributed by atoms with Gasteiger partial charge in [-0.05, 0) is 12.1 Å². The highest BCUT2D eigenvalue weighted by Gasteiger charge is 2.00. The molecule has 1 aromatic heterocycles. The van der Waals surface area contributed by atoms with Crippen molar-refractivity contribution in [1.29, 1.82) is 0 Å². The van der Waals surface area contributed by atoms with Crippen molar-refractivity contribution >= 4 is 21.8 Å². The normalized spacial score (nSPS) is 11.1. The van der Waals surface area contributed by atoms with Crippen LogP contribution in [-0.2, 0) is 0 Å². The maximum atomic E-state index is 3.38. The van der Waals surface area contributed by atoms with Gasteiger partial charge in [-0.2, -0.15) is 0 Å². The minimum atomic E-state index is 0. The lowest BCUT2D eigenvalue weighted by Crippen LogP contribution is -1.62. The van der Waals surface area contributed by atoms with Gasteiger partial charge in [0.25, 0.3) is 0 Å². The van der Waals surface area contributed by atoms with E-state index in [1.807, 2.05) is 0 Å². The number of hydrogen-bond acceptors (Lipinski definition) is 0. The molecule has 3 rings (SSSR count). The zero-order valence-corrected chi connectivity index (χ0v) is 7.12. The lowest BCUT2D eigenvalue weighted by Gasteiger charge is -1.87. The summed E-state index contributed by atoms with van der Waals surface area (Å²) in [5.41, 5.74) is 2.42. The third-order valence-electron chi connectivity index (χ3n) is 2.41. The van der Waals surface area contributed by atoms with Crippen molar-refractivity contribution in [1.82, 2.24) is 4.98 Å². The van der Waals surface area contributed by atoms with Crippen LogP contribution >= 0.6 is 0 Å². The van der Waals surface area contributed by atoms with E-state index < -0.39 is 0 Å². The first-order chi connectivity index (χ1) is 6.45. The average Bonchev–Trinajstić information content (AvgIpc) is 2.56. The van der Waals surface area contributed by atoms with Crippen LogP contribution in [0.4, 0.5) is 0 Å². The minimum absolute atomic E-state index is 0. The predicted octanol–water partition coefficient (Wildman–Crippen LogP) is 3.57. The molecule has 1 nitrogen and oxygen atoms in total. The molecule has 0 aliphatic heterocycles. The summed E-state index contributed by atoms with van der Waals surface area (Å²) in [6.45, 7) is 0. The highest BCUT2D eigenvalue weighted by molar-refractivity contribution is 6.06. The van der Waals surface area contributed by atoms with Gasteiger partial charge in [-0.1, -0.05) is 36.4 Å². The first-order valence-corrected chi connectivity index (χ1v) is 4.40. The van der Waals surface area contributed by atoms with Crippen LogP contribution in [0.1, 0.15) is 1.43 Å². The fraction of sp³-hybridized carbons (Fsp3) is 0. The number of fused-ring (bicyclic) bond motifs is 3. The maximum Gasteiger partial charge on any atom is 0.0464 e. The summed E-state index contributed by atoms with van der Waals surface area (Å²) in [6, 6.07) is 16.8. The van der Waals surface area contributed by atoms with E-state index in [9.17, 15) is 0 Å². The van der Waals surface area contributed by atoms with Crippen LogP contribution in [0.5, 0.6) is 0 Å². The van der Waals surface area contributed by atoms with Crippen molar-refractivity contribution in [3.63, 3.8) is 0 Å². The van der Waals surface area contributed by atoms with Crippen LogP contribution < -0.4 is 0 Å². The predicted molar refractivity (Wildman–Crippen MR) is 57.9 cm³/mol. The summed E-state index contributed by atoms with van der Waals surface area (Å²) in [6.07, 6.45) is 0. The van der Waals surface area contributed by atoms with E-state index in [4.69, 9.17) is 0 Å². The van der Waals surface area contributed by atoms with Crippen molar-refractivity contribution in [2.24, 2.45) is 0 Å². The Balaban J connectivity index is 0.000000750. The number of H-pyrrole nitrogens is 1. The molecule has 1 heteroatoms. The molecule has 0 amide bonds. The first kappa shape index (κ1) is 6.72. The molecule has 0 radical (unpaired) electrons. The van der Waals surface area contributed by atoms with E-state index in [1.54, 1.807) is 0 Å². The molecule has 1 N–H and O–H groups in total. The van der Waals surface area contributed by atoms with E-state index in [0.29, 0.717) is 0 Å². The Kier molecular flexibility index (Phi) is 1.22. The first-order valence-electron chi connectivity index (χ1n) is 4.40. The summed E-state index contributed by atoms with van der Waals surface area (Å²) in [7, 11) is 0. The number of hydrogen-bond donors (Lipinski definition) is 1. The van der Waals surface area contributed by atoms with E-state index in [1.165, 1.54) is 21.8 Å². The number of nitrogens with one attached hydrogen (secondary N) is 1. The van der Waals surface area contributed by atoms with Gasteiger partial charge in [-0.25, -0.2) is 0 Å². The summed E-state index contributed by atoms with van der Waals surface area (Å²) in [4.78, 5) is 3.38. The summed E-state index contributed by atoms with van der Waals surface area (Å²) >= 11 is 0. The Morgan fingerprint density at radius 1 is 0.692 bits per heavy atom. The van der Waals surface area contributed by atoms with Crippen molar-refractivity contribution in [2.75, 3.05) is 0 Å². The van der Waals surface area contributed by atoms with Gasteiger partial charge in [0.05, 0.1) is 0 Å². The van der Waals surface area contributed by atoms with Gasteiger partial charge in [0, 0.05) is 23.2 Å². The van der Waals surface area contributed by atoms with E-state index in [-0.39, 0.29) is 1.43 Å². The molecule has 1 heterocycles. The highest BCUT2D eigenvalue weighted by Crippen LogP contribution is 2.24. The number of aromatic amines is 1. The molecule has 0 unspecified atom stereocenters. The van der Waals surface area contributed by atoms with Gasteiger partial charge in [-0.3, -0.25) is 0 Å².